The molecule has 0 saturated heterocycles. The molecule has 1 heterocycles. The number of H-pyrrole nitrogens is 1. The van der Waals surface area contributed by atoms with Gasteiger partial charge in [0.1, 0.15) is 11.3 Å². The third-order valence-electron chi connectivity index (χ3n) is 4.32. The third kappa shape index (κ3) is 1.32. The first-order valence-corrected chi connectivity index (χ1v) is 6.56. The Morgan fingerprint density at radius 1 is 1.29 bits per heavy atom. The second kappa shape index (κ2) is 3.16. The van der Waals surface area contributed by atoms with Crippen LogP contribution >= 0.6 is 11.6 Å². The van der Waals surface area contributed by atoms with Crippen LogP contribution in [0, 0.1) is 11.8 Å². The molecule has 2 unspecified atom stereocenters. The predicted octanol–water partition coefficient (Wildman–Crippen LogP) is 3.31. The summed E-state index contributed by atoms with van der Waals surface area (Å²) in [5.74, 6) is 3.50. The summed E-state index contributed by atoms with van der Waals surface area (Å²) >= 11 is 6.00. The molecule has 0 aliphatic heterocycles. The Kier molecular flexibility index (Phi) is 1.82. The SMILES string of the molecule is Nc1cc(Cl)cc2[nH]c(C3C4CCCC43)nc12. The molecule has 1 aromatic carbocycles. The number of nitrogens with zero attached hydrogens (tertiary/aromatic N) is 1. The molecule has 3 nitrogen and oxygen atoms in total. The second-order valence-corrected chi connectivity index (χ2v) is 5.73. The molecule has 2 fully saturated rings. The van der Waals surface area contributed by atoms with Crippen LogP contribution in [0.5, 0.6) is 0 Å². The molecule has 2 atom stereocenters. The molecule has 88 valence electrons. The van der Waals surface area contributed by atoms with Crippen LogP contribution < -0.4 is 5.73 Å². The van der Waals surface area contributed by atoms with E-state index in [0.29, 0.717) is 16.6 Å². The molecule has 4 heteroatoms. The van der Waals surface area contributed by atoms with Crippen LogP contribution in [0.4, 0.5) is 5.69 Å². The smallest absolute Gasteiger partial charge is 0.112 e. The summed E-state index contributed by atoms with van der Waals surface area (Å²) in [5, 5.41) is 0.668. The molecule has 2 saturated carbocycles. The van der Waals surface area contributed by atoms with Gasteiger partial charge in [-0.3, -0.25) is 0 Å². The van der Waals surface area contributed by atoms with Gasteiger partial charge in [-0.25, -0.2) is 4.98 Å². The summed E-state index contributed by atoms with van der Waals surface area (Å²) in [7, 11) is 0. The third-order valence-corrected chi connectivity index (χ3v) is 4.54. The van der Waals surface area contributed by atoms with Gasteiger partial charge in [-0.15, -0.1) is 0 Å². The van der Waals surface area contributed by atoms with E-state index in [1.165, 1.54) is 19.3 Å². The van der Waals surface area contributed by atoms with E-state index in [2.05, 4.69) is 9.97 Å². The Morgan fingerprint density at radius 3 is 2.82 bits per heavy atom. The minimum Gasteiger partial charge on any atom is -0.397 e. The van der Waals surface area contributed by atoms with Crippen molar-refractivity contribution in [3.8, 4) is 0 Å². The van der Waals surface area contributed by atoms with Crippen LogP contribution in [0.3, 0.4) is 0 Å². The van der Waals surface area contributed by atoms with Crippen molar-refractivity contribution < 1.29 is 0 Å². The van der Waals surface area contributed by atoms with Gasteiger partial charge in [0, 0.05) is 10.9 Å². The van der Waals surface area contributed by atoms with Crippen molar-refractivity contribution >= 4 is 28.3 Å². The van der Waals surface area contributed by atoms with Crippen molar-refractivity contribution in [2.24, 2.45) is 11.8 Å². The number of hydrogen-bond donors (Lipinski definition) is 2. The Labute approximate surface area is 104 Å². The maximum absolute atomic E-state index is 6.00. The lowest BCUT2D eigenvalue weighted by molar-refractivity contribution is 0.664. The van der Waals surface area contributed by atoms with Gasteiger partial charge in [-0.1, -0.05) is 18.0 Å². The van der Waals surface area contributed by atoms with E-state index in [1.807, 2.05) is 6.07 Å². The standard InChI is InChI=1S/C13H14ClN3/c14-6-4-9(15)12-10(5-6)16-13(17-12)11-7-2-1-3-8(7)11/h4-5,7-8,11H,1-3,15H2,(H,16,17). The van der Waals surface area contributed by atoms with Crippen LogP contribution in [0.1, 0.15) is 31.0 Å². The van der Waals surface area contributed by atoms with Crippen LogP contribution in [0.2, 0.25) is 5.02 Å². The first-order chi connectivity index (χ1) is 8.24. The summed E-state index contributed by atoms with van der Waals surface area (Å²) < 4.78 is 0. The van der Waals surface area contributed by atoms with Crippen LogP contribution in [0.25, 0.3) is 11.0 Å². The number of imidazole rings is 1. The lowest BCUT2D eigenvalue weighted by Gasteiger charge is -1.97. The summed E-state index contributed by atoms with van der Waals surface area (Å²) in [6, 6.07) is 3.67. The monoisotopic (exact) mass is 247 g/mol. The van der Waals surface area contributed by atoms with Crippen molar-refractivity contribution in [3.05, 3.63) is 23.0 Å². The maximum atomic E-state index is 6.00. The van der Waals surface area contributed by atoms with Gasteiger partial charge in [0.25, 0.3) is 0 Å². The van der Waals surface area contributed by atoms with Gasteiger partial charge in [0.2, 0.25) is 0 Å². The first kappa shape index (κ1) is 9.77. The number of rotatable bonds is 1. The van der Waals surface area contributed by atoms with Gasteiger partial charge in [-0.2, -0.15) is 0 Å². The minimum atomic E-state index is 0.648. The van der Waals surface area contributed by atoms with E-state index < -0.39 is 0 Å². The Hall–Kier alpha value is -1.22. The summed E-state index contributed by atoms with van der Waals surface area (Å²) in [4.78, 5) is 8.05. The van der Waals surface area contributed by atoms with E-state index in [9.17, 15) is 0 Å². The number of anilines is 1. The van der Waals surface area contributed by atoms with Gasteiger partial charge >= 0.3 is 0 Å². The second-order valence-electron chi connectivity index (χ2n) is 5.30. The Bertz CT molecular complexity index is 594. The average molecular weight is 248 g/mol. The fourth-order valence-corrected chi connectivity index (χ4v) is 3.74. The molecule has 4 rings (SSSR count). The molecule has 1 aromatic heterocycles. The van der Waals surface area contributed by atoms with Crippen molar-refractivity contribution in [3.63, 3.8) is 0 Å². The highest BCUT2D eigenvalue weighted by atomic mass is 35.5. The van der Waals surface area contributed by atoms with Gasteiger partial charge in [0.05, 0.1) is 11.2 Å². The van der Waals surface area contributed by atoms with Crippen LogP contribution in [-0.2, 0) is 0 Å². The molecule has 0 amide bonds. The lowest BCUT2D eigenvalue weighted by atomic mass is 10.1. The van der Waals surface area contributed by atoms with Crippen molar-refractivity contribution in [2.75, 3.05) is 5.73 Å². The largest absolute Gasteiger partial charge is 0.397 e. The number of hydrogen-bond acceptors (Lipinski definition) is 2. The molecule has 2 aromatic rings. The number of aromatic nitrogens is 2. The van der Waals surface area contributed by atoms with Crippen molar-refractivity contribution in [1.29, 1.82) is 0 Å². The number of halogens is 1. The van der Waals surface area contributed by atoms with E-state index in [-0.39, 0.29) is 0 Å². The maximum Gasteiger partial charge on any atom is 0.112 e. The van der Waals surface area contributed by atoms with Gasteiger partial charge in [-0.05, 0) is 36.8 Å². The average Bonchev–Trinajstić information content (AvgIpc) is 2.67. The predicted molar refractivity (Wildman–Crippen MR) is 69.1 cm³/mol. The van der Waals surface area contributed by atoms with Crippen LogP contribution in [-0.4, -0.2) is 9.97 Å². The molecular formula is C13H14ClN3. The number of nitrogens with two attached hydrogens (primary N) is 1. The molecule has 3 N–H and O–H groups in total. The summed E-state index contributed by atoms with van der Waals surface area (Å²) in [5.41, 5.74) is 8.44. The molecule has 2 aliphatic carbocycles. The van der Waals surface area contributed by atoms with Gasteiger partial charge < -0.3 is 10.7 Å². The zero-order valence-corrected chi connectivity index (χ0v) is 10.2. The van der Waals surface area contributed by atoms with Crippen LogP contribution in [0.15, 0.2) is 12.1 Å². The van der Waals surface area contributed by atoms with E-state index >= 15 is 0 Å². The fraction of sp³-hybridized carbons (Fsp3) is 0.462. The number of nitrogen functional groups attached to an aromatic ring is 1. The van der Waals surface area contributed by atoms with E-state index in [0.717, 1.165) is 28.7 Å². The number of benzene rings is 1. The topological polar surface area (TPSA) is 54.7 Å². The highest BCUT2D eigenvalue weighted by Crippen LogP contribution is 2.62. The van der Waals surface area contributed by atoms with E-state index in [1.54, 1.807) is 6.07 Å². The Balaban J connectivity index is 1.80. The molecular weight excluding hydrogens is 234 g/mol. The normalized spacial score (nSPS) is 30.8. The highest BCUT2D eigenvalue weighted by Gasteiger charge is 2.54. The molecule has 0 spiro atoms. The fourth-order valence-electron chi connectivity index (χ4n) is 3.51. The lowest BCUT2D eigenvalue weighted by Crippen LogP contribution is -1.90. The van der Waals surface area contributed by atoms with Gasteiger partial charge in [0.15, 0.2) is 0 Å². The highest BCUT2D eigenvalue weighted by molar-refractivity contribution is 6.31. The molecule has 0 bridgehead atoms. The number of aromatic amines is 1. The van der Waals surface area contributed by atoms with Crippen molar-refractivity contribution in [1.82, 2.24) is 9.97 Å². The van der Waals surface area contributed by atoms with Crippen molar-refractivity contribution in [2.45, 2.75) is 25.2 Å². The first-order valence-electron chi connectivity index (χ1n) is 6.18. The minimum absolute atomic E-state index is 0.648. The zero-order chi connectivity index (χ0) is 11.6. The molecule has 0 radical (unpaired) electrons. The summed E-state index contributed by atoms with van der Waals surface area (Å²) in [6.45, 7) is 0. The number of nitrogens with one attached hydrogen (secondary N) is 1. The Morgan fingerprint density at radius 2 is 2.06 bits per heavy atom. The van der Waals surface area contributed by atoms with E-state index in [4.69, 9.17) is 17.3 Å². The molecule has 2 aliphatic rings. The number of fused-ring (bicyclic) bond motifs is 2. The summed E-state index contributed by atoms with van der Waals surface area (Å²) in [6.07, 6.45) is 4.12. The molecule has 17 heavy (non-hydrogen) atoms. The quantitative estimate of drug-likeness (QED) is 0.760. The zero-order valence-electron chi connectivity index (χ0n) is 9.41.